The Balaban J connectivity index is 1.48. The molecule has 0 saturated carbocycles. The molecule has 0 radical (unpaired) electrons. The van der Waals surface area contributed by atoms with Gasteiger partial charge in [-0.15, -0.1) is 0 Å². The van der Waals surface area contributed by atoms with Crippen molar-refractivity contribution in [3.63, 3.8) is 0 Å². The number of unbranched alkanes of at least 4 members (excludes halogenated alkanes) is 2. The molecule has 1 aliphatic rings. The van der Waals surface area contributed by atoms with E-state index in [0.717, 1.165) is 36.6 Å². The van der Waals surface area contributed by atoms with Crippen molar-refractivity contribution in [3.05, 3.63) is 53.6 Å². The fourth-order valence-corrected chi connectivity index (χ4v) is 7.29. The number of phenols is 2. The first-order valence-corrected chi connectivity index (χ1v) is 17.4. The number of nitrogens with zero attached hydrogens (tertiary/aromatic N) is 1. The third kappa shape index (κ3) is 10.3. The molecule has 2 N–H and O–H groups in total. The molecule has 43 heavy (non-hydrogen) atoms. The highest BCUT2D eigenvalue weighted by Gasteiger charge is 2.56. The molecule has 1 heterocycles. The number of halogens is 5. The number of sulfonamides is 1. The molecule has 0 saturated heterocycles. The van der Waals surface area contributed by atoms with E-state index < -0.39 is 45.8 Å². The maximum Gasteiger partial charge on any atom is 0.453 e. The van der Waals surface area contributed by atoms with Gasteiger partial charge < -0.3 is 14.9 Å². The summed E-state index contributed by atoms with van der Waals surface area (Å²) in [6.07, 6.45) is -3.53. The molecule has 1 aliphatic heterocycles. The quantitative estimate of drug-likeness (QED) is 0.163. The number of benzene rings is 2. The number of phenolic OH excluding ortho intramolecular Hbond substituents is 2. The normalized spacial score (nSPS) is 18.3. The fourth-order valence-electron chi connectivity index (χ4n) is 5.25. The molecule has 7 nitrogen and oxygen atoms in total. The molecule has 0 fully saturated rings. The van der Waals surface area contributed by atoms with E-state index in [2.05, 4.69) is 0 Å². The Kier molecular flexibility index (Phi) is 12.2. The summed E-state index contributed by atoms with van der Waals surface area (Å²) in [5, 5.41) is 19.6. The number of ether oxygens (including phenoxy) is 1. The Morgan fingerprint density at radius 1 is 0.907 bits per heavy atom. The van der Waals surface area contributed by atoms with Crippen LogP contribution in [-0.2, 0) is 20.8 Å². The van der Waals surface area contributed by atoms with Gasteiger partial charge in [0.25, 0.3) is 0 Å². The Morgan fingerprint density at radius 2 is 1.53 bits per heavy atom. The van der Waals surface area contributed by atoms with Gasteiger partial charge in [0.1, 0.15) is 17.2 Å². The lowest BCUT2D eigenvalue weighted by Gasteiger charge is -2.34. The van der Waals surface area contributed by atoms with E-state index in [9.17, 15) is 44.8 Å². The molecule has 0 aromatic heterocycles. The highest BCUT2D eigenvalue weighted by molar-refractivity contribution is 7.88. The van der Waals surface area contributed by atoms with E-state index in [4.69, 9.17) is 4.74 Å². The summed E-state index contributed by atoms with van der Waals surface area (Å²) >= 11 is 0. The van der Waals surface area contributed by atoms with Crippen molar-refractivity contribution in [2.75, 3.05) is 37.5 Å². The van der Waals surface area contributed by atoms with Crippen LogP contribution in [0.1, 0.15) is 67.9 Å². The van der Waals surface area contributed by atoms with E-state index in [1.54, 1.807) is 24.3 Å². The van der Waals surface area contributed by atoms with E-state index >= 15 is 0 Å². The SMILES string of the molecule is CS(=O)(=O)N(CCCCC[C@@H]1c2ccc(O)cc2OC[C@@H]1c1ccc(O)cc1)CCCS(=O)CCCC(F)(F)C(F)(F)F. The highest BCUT2D eigenvalue weighted by atomic mass is 32.2. The van der Waals surface area contributed by atoms with Crippen LogP contribution in [0.25, 0.3) is 0 Å². The van der Waals surface area contributed by atoms with Crippen LogP contribution in [0.15, 0.2) is 42.5 Å². The Labute approximate surface area is 251 Å². The molecule has 0 amide bonds. The average Bonchev–Trinajstić information content (AvgIpc) is 2.91. The molecule has 0 bridgehead atoms. The van der Waals surface area contributed by atoms with Crippen molar-refractivity contribution in [2.45, 2.75) is 68.9 Å². The Bertz CT molecular complexity index is 1320. The molecular weight excluding hydrogens is 617 g/mol. The number of aromatic hydroxyl groups is 2. The lowest BCUT2D eigenvalue weighted by Crippen LogP contribution is -2.36. The molecule has 2 aromatic rings. The number of rotatable bonds is 16. The van der Waals surface area contributed by atoms with E-state index in [1.807, 2.05) is 18.2 Å². The highest BCUT2D eigenvalue weighted by Crippen LogP contribution is 2.46. The Morgan fingerprint density at radius 3 is 2.19 bits per heavy atom. The van der Waals surface area contributed by atoms with Gasteiger partial charge in [-0.1, -0.05) is 31.0 Å². The third-order valence-electron chi connectivity index (χ3n) is 7.57. The van der Waals surface area contributed by atoms with Gasteiger partial charge in [0.15, 0.2) is 0 Å². The first-order valence-electron chi connectivity index (χ1n) is 14.1. The summed E-state index contributed by atoms with van der Waals surface area (Å²) in [5.74, 6) is -4.16. The van der Waals surface area contributed by atoms with Crippen LogP contribution in [0.5, 0.6) is 17.2 Å². The first kappa shape index (κ1) is 35.0. The lowest BCUT2D eigenvalue weighted by atomic mass is 9.77. The second-order valence-corrected chi connectivity index (χ2v) is 14.5. The van der Waals surface area contributed by atoms with Gasteiger partial charge >= 0.3 is 12.1 Å². The zero-order valence-electron chi connectivity index (χ0n) is 23.9. The standard InChI is InChI=1S/C29H38F5NO6S2/c1-43(39,40)35(16-6-18-42(38)17-5-14-28(30,31)29(32,33)34)15-4-2-3-7-24-25-13-12-23(37)19-27(25)41-20-26(24)21-8-10-22(36)11-9-21/h8-13,19,24,26,36-37H,2-7,14-18,20H2,1H3/t24-,26-,42?/m1/s1. The number of hydrogen-bond acceptors (Lipinski definition) is 6. The van der Waals surface area contributed by atoms with Crippen molar-refractivity contribution in [1.29, 1.82) is 0 Å². The van der Waals surface area contributed by atoms with Crippen LogP contribution in [0, 0.1) is 0 Å². The van der Waals surface area contributed by atoms with Gasteiger partial charge in [-0.05, 0) is 60.9 Å². The average molecular weight is 656 g/mol. The number of fused-ring (bicyclic) bond motifs is 1. The maximum atomic E-state index is 13.0. The molecule has 1 unspecified atom stereocenters. The minimum atomic E-state index is -5.64. The second kappa shape index (κ2) is 15.0. The minimum Gasteiger partial charge on any atom is -0.508 e. The van der Waals surface area contributed by atoms with Crippen LogP contribution in [0.2, 0.25) is 0 Å². The van der Waals surface area contributed by atoms with Crippen LogP contribution in [-0.4, -0.2) is 76.7 Å². The zero-order chi connectivity index (χ0) is 31.8. The topological polar surface area (TPSA) is 104 Å². The Hall–Kier alpha value is -2.45. The van der Waals surface area contributed by atoms with Crippen LogP contribution in [0.3, 0.4) is 0 Å². The van der Waals surface area contributed by atoms with Gasteiger partial charge in [-0.3, -0.25) is 4.21 Å². The molecular formula is C29H38F5NO6S2. The number of hydrogen-bond donors (Lipinski definition) is 2. The maximum absolute atomic E-state index is 13.0. The smallest absolute Gasteiger partial charge is 0.453 e. The molecule has 2 aromatic carbocycles. The minimum absolute atomic E-state index is 0.000965. The van der Waals surface area contributed by atoms with Crippen molar-refractivity contribution in [2.24, 2.45) is 0 Å². The summed E-state index contributed by atoms with van der Waals surface area (Å²) in [4.78, 5) is 0. The van der Waals surface area contributed by atoms with Crippen molar-refractivity contribution < 1.29 is 49.5 Å². The van der Waals surface area contributed by atoms with Gasteiger partial charge in [-0.2, -0.15) is 22.0 Å². The molecule has 0 aliphatic carbocycles. The second-order valence-electron chi connectivity index (χ2n) is 10.9. The summed E-state index contributed by atoms with van der Waals surface area (Å²) in [7, 11) is -5.20. The van der Waals surface area contributed by atoms with Crippen molar-refractivity contribution in [3.8, 4) is 17.2 Å². The molecule has 14 heteroatoms. The van der Waals surface area contributed by atoms with Crippen LogP contribution in [0.4, 0.5) is 22.0 Å². The number of alkyl halides is 5. The largest absolute Gasteiger partial charge is 0.508 e. The van der Waals surface area contributed by atoms with Gasteiger partial charge in [0, 0.05) is 53.8 Å². The van der Waals surface area contributed by atoms with Crippen molar-refractivity contribution in [1.82, 2.24) is 4.31 Å². The van der Waals surface area contributed by atoms with Gasteiger partial charge in [0.2, 0.25) is 10.0 Å². The summed E-state index contributed by atoms with van der Waals surface area (Å²) < 4.78 is 107. The van der Waals surface area contributed by atoms with Gasteiger partial charge in [-0.25, -0.2) is 12.7 Å². The zero-order valence-corrected chi connectivity index (χ0v) is 25.5. The molecule has 3 rings (SSSR count). The predicted molar refractivity (Wildman–Crippen MR) is 155 cm³/mol. The fraction of sp³-hybridized carbons (Fsp3) is 0.586. The molecule has 0 spiro atoms. The molecule has 242 valence electrons. The predicted octanol–water partition coefficient (Wildman–Crippen LogP) is 6.30. The van der Waals surface area contributed by atoms with E-state index in [-0.39, 0.29) is 54.4 Å². The van der Waals surface area contributed by atoms with E-state index in [0.29, 0.717) is 18.8 Å². The molecule has 3 atom stereocenters. The first-order chi connectivity index (χ1) is 20.1. The third-order valence-corrected chi connectivity index (χ3v) is 10.4. The van der Waals surface area contributed by atoms with Gasteiger partial charge in [0.05, 0.1) is 12.9 Å². The lowest BCUT2D eigenvalue weighted by molar-refractivity contribution is -0.284. The van der Waals surface area contributed by atoms with Crippen LogP contribution < -0.4 is 4.74 Å². The van der Waals surface area contributed by atoms with E-state index in [1.165, 1.54) is 4.31 Å². The summed E-state index contributed by atoms with van der Waals surface area (Å²) in [6.45, 7) is 0.714. The summed E-state index contributed by atoms with van der Waals surface area (Å²) in [5.41, 5.74) is 1.98. The monoisotopic (exact) mass is 655 g/mol. The van der Waals surface area contributed by atoms with Crippen molar-refractivity contribution >= 4 is 20.8 Å². The summed E-state index contributed by atoms with van der Waals surface area (Å²) in [6, 6.07) is 12.0. The van der Waals surface area contributed by atoms with Crippen LogP contribution >= 0.6 is 0 Å².